The van der Waals surface area contributed by atoms with E-state index >= 15 is 0 Å². The van der Waals surface area contributed by atoms with Gasteiger partial charge in [-0.25, -0.2) is 4.39 Å². The largest absolute Gasteiger partial charge is 0.309 e. The Morgan fingerprint density at radius 2 is 2.17 bits per heavy atom. The topological polar surface area (TPSA) is 12.0 Å². The highest BCUT2D eigenvalue weighted by Crippen LogP contribution is 2.21. The van der Waals surface area contributed by atoms with Crippen LogP contribution >= 0.6 is 22.9 Å². The maximum Gasteiger partial charge on any atom is 0.123 e. The lowest BCUT2D eigenvalue weighted by atomic mass is 10.1. The number of hydrogen-bond acceptors (Lipinski definition) is 2. The predicted octanol–water partition coefficient (Wildman–Crippen LogP) is 4.26. The third kappa shape index (κ3) is 4.09. The first-order valence-electron chi connectivity index (χ1n) is 5.85. The Balaban J connectivity index is 1.83. The maximum atomic E-state index is 13.0. The molecule has 0 saturated carbocycles. The molecular formula is C14H15ClFNS. The predicted molar refractivity (Wildman–Crippen MR) is 75.7 cm³/mol. The second-order valence-corrected chi connectivity index (χ2v) is 6.12. The molecule has 1 nitrogen and oxygen atoms in total. The molecule has 0 amide bonds. The first kappa shape index (κ1) is 13.5. The lowest BCUT2D eigenvalue weighted by Gasteiger charge is -2.13. The summed E-state index contributed by atoms with van der Waals surface area (Å²) in [6, 6.07) is 11.0. The fraction of sp³-hybridized carbons (Fsp3) is 0.286. The first-order chi connectivity index (χ1) is 8.63. The van der Waals surface area contributed by atoms with E-state index in [0.717, 1.165) is 22.9 Å². The number of nitrogens with one attached hydrogen (secondary N) is 1. The minimum atomic E-state index is -0.176. The van der Waals surface area contributed by atoms with Crippen molar-refractivity contribution in [2.24, 2.45) is 0 Å². The summed E-state index contributed by atoms with van der Waals surface area (Å²) in [4.78, 5) is 1.21. The zero-order chi connectivity index (χ0) is 13.0. The Labute approximate surface area is 116 Å². The number of thiophene rings is 1. The average molecular weight is 284 g/mol. The number of rotatable bonds is 5. The van der Waals surface area contributed by atoms with E-state index in [1.807, 2.05) is 18.2 Å². The van der Waals surface area contributed by atoms with Gasteiger partial charge in [-0.1, -0.05) is 23.7 Å². The lowest BCUT2D eigenvalue weighted by molar-refractivity contribution is 0.546. The Kier molecular flexibility index (Phi) is 4.75. The van der Waals surface area contributed by atoms with Gasteiger partial charge in [0.1, 0.15) is 5.82 Å². The third-order valence-electron chi connectivity index (χ3n) is 2.68. The van der Waals surface area contributed by atoms with E-state index in [9.17, 15) is 4.39 Å². The monoisotopic (exact) mass is 283 g/mol. The van der Waals surface area contributed by atoms with Crippen LogP contribution in [0.15, 0.2) is 36.4 Å². The summed E-state index contributed by atoms with van der Waals surface area (Å²) in [6.07, 6.45) is 0.816. The van der Waals surface area contributed by atoms with Crippen LogP contribution < -0.4 is 5.32 Å². The van der Waals surface area contributed by atoms with Crippen LogP contribution in [0, 0.1) is 5.82 Å². The van der Waals surface area contributed by atoms with Crippen LogP contribution in [-0.4, -0.2) is 6.04 Å². The highest BCUT2D eigenvalue weighted by molar-refractivity contribution is 7.16. The molecule has 1 N–H and O–H groups in total. The van der Waals surface area contributed by atoms with Gasteiger partial charge in [0.2, 0.25) is 0 Å². The molecule has 0 aliphatic rings. The summed E-state index contributed by atoms with van der Waals surface area (Å²) >= 11 is 7.45. The fourth-order valence-corrected chi connectivity index (χ4v) is 2.85. The van der Waals surface area contributed by atoms with Gasteiger partial charge >= 0.3 is 0 Å². The molecule has 1 aromatic heterocycles. The summed E-state index contributed by atoms with van der Waals surface area (Å²) < 4.78 is 13.8. The standard InChI is InChI=1S/C14H15ClFNS/c1-10(7-11-3-2-4-12(16)8-11)17-9-13-5-6-14(15)18-13/h2-6,8,10,17H,7,9H2,1H3. The lowest BCUT2D eigenvalue weighted by Crippen LogP contribution is -2.27. The highest BCUT2D eigenvalue weighted by Gasteiger charge is 2.05. The normalized spacial score (nSPS) is 12.6. The molecular weight excluding hydrogens is 269 g/mol. The Morgan fingerprint density at radius 3 is 2.83 bits per heavy atom. The van der Waals surface area contributed by atoms with E-state index in [4.69, 9.17) is 11.6 Å². The number of benzene rings is 1. The molecule has 1 heterocycles. The van der Waals surface area contributed by atoms with Gasteiger partial charge in [-0.05, 0) is 43.2 Å². The van der Waals surface area contributed by atoms with Gasteiger partial charge in [0.15, 0.2) is 0 Å². The van der Waals surface area contributed by atoms with E-state index in [0.29, 0.717) is 6.04 Å². The van der Waals surface area contributed by atoms with Gasteiger partial charge in [-0.15, -0.1) is 11.3 Å². The van der Waals surface area contributed by atoms with Crippen molar-refractivity contribution >= 4 is 22.9 Å². The third-order valence-corrected chi connectivity index (χ3v) is 3.92. The molecule has 96 valence electrons. The smallest absolute Gasteiger partial charge is 0.123 e. The van der Waals surface area contributed by atoms with Crippen molar-refractivity contribution in [1.29, 1.82) is 0 Å². The van der Waals surface area contributed by atoms with E-state index in [1.165, 1.54) is 10.9 Å². The second kappa shape index (κ2) is 6.32. The SMILES string of the molecule is CC(Cc1cccc(F)c1)NCc1ccc(Cl)s1. The minimum Gasteiger partial charge on any atom is -0.309 e. The zero-order valence-corrected chi connectivity index (χ0v) is 11.7. The van der Waals surface area contributed by atoms with Crippen LogP contribution in [0.25, 0.3) is 0 Å². The molecule has 18 heavy (non-hydrogen) atoms. The van der Waals surface area contributed by atoms with Gasteiger partial charge in [0, 0.05) is 17.5 Å². The van der Waals surface area contributed by atoms with Crippen molar-refractivity contribution in [1.82, 2.24) is 5.32 Å². The zero-order valence-electron chi connectivity index (χ0n) is 10.1. The van der Waals surface area contributed by atoms with Crippen molar-refractivity contribution < 1.29 is 4.39 Å². The molecule has 0 aliphatic carbocycles. The van der Waals surface area contributed by atoms with Crippen molar-refractivity contribution in [3.05, 3.63) is 57.0 Å². The van der Waals surface area contributed by atoms with Crippen molar-refractivity contribution in [3.8, 4) is 0 Å². The van der Waals surface area contributed by atoms with Crippen LogP contribution in [0.1, 0.15) is 17.4 Å². The van der Waals surface area contributed by atoms with Gasteiger partial charge in [0.05, 0.1) is 4.34 Å². The van der Waals surface area contributed by atoms with Crippen molar-refractivity contribution in [2.75, 3.05) is 0 Å². The molecule has 0 saturated heterocycles. The van der Waals surface area contributed by atoms with E-state index in [2.05, 4.69) is 12.2 Å². The number of hydrogen-bond donors (Lipinski definition) is 1. The van der Waals surface area contributed by atoms with Gasteiger partial charge in [-0.3, -0.25) is 0 Å². The van der Waals surface area contributed by atoms with Crippen LogP contribution in [0.2, 0.25) is 4.34 Å². The molecule has 1 unspecified atom stereocenters. The van der Waals surface area contributed by atoms with E-state index in [1.54, 1.807) is 23.5 Å². The molecule has 0 spiro atoms. The van der Waals surface area contributed by atoms with Crippen LogP contribution in [0.3, 0.4) is 0 Å². The Morgan fingerprint density at radius 1 is 1.33 bits per heavy atom. The van der Waals surface area contributed by atoms with E-state index in [-0.39, 0.29) is 5.82 Å². The number of halogens is 2. The van der Waals surface area contributed by atoms with E-state index < -0.39 is 0 Å². The van der Waals surface area contributed by atoms with Gasteiger partial charge in [-0.2, -0.15) is 0 Å². The summed E-state index contributed by atoms with van der Waals surface area (Å²) in [5.74, 6) is -0.176. The van der Waals surface area contributed by atoms with Crippen LogP contribution in [-0.2, 0) is 13.0 Å². The van der Waals surface area contributed by atoms with Crippen LogP contribution in [0.4, 0.5) is 4.39 Å². The minimum absolute atomic E-state index is 0.176. The molecule has 2 aromatic rings. The molecule has 1 atom stereocenters. The quantitative estimate of drug-likeness (QED) is 0.864. The highest BCUT2D eigenvalue weighted by atomic mass is 35.5. The first-order valence-corrected chi connectivity index (χ1v) is 7.05. The fourth-order valence-electron chi connectivity index (χ4n) is 1.81. The summed E-state index contributed by atoms with van der Waals surface area (Å²) in [5.41, 5.74) is 1.01. The molecule has 0 bridgehead atoms. The maximum absolute atomic E-state index is 13.0. The molecule has 1 aromatic carbocycles. The average Bonchev–Trinajstić information content (AvgIpc) is 2.73. The Hall–Kier alpha value is -0.900. The Bertz CT molecular complexity index is 512. The summed E-state index contributed by atoms with van der Waals surface area (Å²) in [6.45, 7) is 2.90. The summed E-state index contributed by atoms with van der Waals surface area (Å²) in [7, 11) is 0. The molecule has 0 fully saturated rings. The van der Waals surface area contributed by atoms with Crippen molar-refractivity contribution in [2.45, 2.75) is 25.9 Å². The second-order valence-electron chi connectivity index (χ2n) is 4.32. The molecule has 4 heteroatoms. The van der Waals surface area contributed by atoms with Crippen LogP contribution in [0.5, 0.6) is 0 Å². The van der Waals surface area contributed by atoms with Crippen molar-refractivity contribution in [3.63, 3.8) is 0 Å². The molecule has 2 rings (SSSR count). The molecule has 0 radical (unpaired) electrons. The summed E-state index contributed by atoms with van der Waals surface area (Å²) in [5, 5.41) is 3.41. The van der Waals surface area contributed by atoms with Gasteiger partial charge < -0.3 is 5.32 Å². The molecule has 0 aliphatic heterocycles. The van der Waals surface area contributed by atoms with Gasteiger partial charge in [0.25, 0.3) is 0 Å².